The lowest BCUT2D eigenvalue weighted by Crippen LogP contribution is -2.34. The van der Waals surface area contributed by atoms with Crippen LogP contribution in [0.25, 0.3) is 0 Å². The van der Waals surface area contributed by atoms with E-state index in [0.717, 1.165) is 11.3 Å². The number of nitrogens with one attached hydrogen (secondary N) is 1. The number of thiazole rings is 1. The molecule has 0 saturated heterocycles. The third kappa shape index (κ3) is 3.86. The fourth-order valence-corrected chi connectivity index (χ4v) is 3.31. The fraction of sp³-hybridized carbons (Fsp3) is 0.294. The molecule has 1 aromatic carbocycles. The molecular weight excluding hydrogens is 324 g/mol. The van der Waals surface area contributed by atoms with Crippen molar-refractivity contribution in [1.82, 2.24) is 9.99 Å². The van der Waals surface area contributed by atoms with E-state index in [1.165, 1.54) is 27.5 Å². The zero-order chi connectivity index (χ0) is 17.1. The molecule has 1 aliphatic rings. The fourth-order valence-electron chi connectivity index (χ4n) is 2.47. The first-order chi connectivity index (χ1) is 11.5. The van der Waals surface area contributed by atoms with Gasteiger partial charge in [0.25, 0.3) is 5.91 Å². The highest BCUT2D eigenvalue weighted by Gasteiger charge is 2.22. The molecule has 6 nitrogen and oxygen atoms in total. The van der Waals surface area contributed by atoms with Crippen LogP contribution in [-0.2, 0) is 16.0 Å². The summed E-state index contributed by atoms with van der Waals surface area (Å²) < 4.78 is 0. The lowest BCUT2D eigenvalue weighted by Gasteiger charge is -2.18. The van der Waals surface area contributed by atoms with Gasteiger partial charge in [0.1, 0.15) is 5.71 Å². The largest absolute Gasteiger partial charge is 0.297 e. The molecule has 0 bridgehead atoms. The number of carbonyl (C=O) groups excluding carboxylic acids is 2. The minimum absolute atomic E-state index is 0.0822. The number of rotatable bonds is 4. The number of aryl methyl sites for hydroxylation is 1. The van der Waals surface area contributed by atoms with Crippen molar-refractivity contribution in [3.63, 3.8) is 0 Å². The first kappa shape index (κ1) is 16.3. The second kappa shape index (κ2) is 6.92. The lowest BCUT2D eigenvalue weighted by atomic mass is 10.1. The second-order valence-electron chi connectivity index (χ2n) is 5.72. The van der Waals surface area contributed by atoms with Crippen LogP contribution in [-0.4, -0.2) is 34.6 Å². The van der Waals surface area contributed by atoms with E-state index in [-0.39, 0.29) is 11.8 Å². The van der Waals surface area contributed by atoms with Crippen molar-refractivity contribution in [3.8, 4) is 0 Å². The van der Waals surface area contributed by atoms with E-state index in [0.29, 0.717) is 23.7 Å². The molecule has 0 radical (unpaired) electrons. The van der Waals surface area contributed by atoms with Crippen LogP contribution in [0.4, 0.5) is 5.13 Å². The van der Waals surface area contributed by atoms with Gasteiger partial charge in [0.15, 0.2) is 5.13 Å². The molecule has 0 unspecified atom stereocenters. The van der Waals surface area contributed by atoms with Crippen LogP contribution in [0.2, 0.25) is 0 Å². The van der Waals surface area contributed by atoms with Crippen molar-refractivity contribution in [2.75, 3.05) is 12.4 Å². The Labute approximate surface area is 144 Å². The van der Waals surface area contributed by atoms with Crippen LogP contribution in [0.15, 0.2) is 35.6 Å². The summed E-state index contributed by atoms with van der Waals surface area (Å²) in [5.74, 6) is -0.382. The maximum atomic E-state index is 12.2. The molecule has 1 aromatic heterocycles. The molecule has 0 spiro atoms. The van der Waals surface area contributed by atoms with Crippen molar-refractivity contribution in [3.05, 3.63) is 46.5 Å². The number of benzene rings is 1. The topological polar surface area (TPSA) is 74.7 Å². The van der Waals surface area contributed by atoms with Gasteiger partial charge in [0, 0.05) is 37.4 Å². The summed E-state index contributed by atoms with van der Waals surface area (Å²) in [6, 6.07) is 8.32. The van der Waals surface area contributed by atoms with Crippen LogP contribution in [0, 0.1) is 6.92 Å². The Balaban J connectivity index is 1.65. The Bertz CT molecular complexity index is 812. The summed E-state index contributed by atoms with van der Waals surface area (Å²) in [5.41, 5.74) is 2.79. The van der Waals surface area contributed by atoms with Gasteiger partial charge in [-0.1, -0.05) is 29.8 Å². The Morgan fingerprint density at radius 3 is 2.96 bits per heavy atom. The number of hydrazone groups is 1. The Hall–Kier alpha value is -2.54. The molecule has 0 fully saturated rings. The van der Waals surface area contributed by atoms with E-state index in [1.54, 1.807) is 13.2 Å². The van der Waals surface area contributed by atoms with Gasteiger partial charge in [-0.3, -0.25) is 14.9 Å². The van der Waals surface area contributed by atoms with Crippen molar-refractivity contribution >= 4 is 34.0 Å². The molecular formula is C17H18N4O2S. The van der Waals surface area contributed by atoms with Crippen molar-refractivity contribution in [2.45, 2.75) is 26.2 Å². The molecule has 2 aromatic rings. The molecule has 1 N–H and O–H groups in total. The number of hydrogen-bond acceptors (Lipinski definition) is 5. The monoisotopic (exact) mass is 342 g/mol. The predicted molar refractivity (Wildman–Crippen MR) is 94.2 cm³/mol. The maximum absolute atomic E-state index is 12.2. The van der Waals surface area contributed by atoms with Gasteiger partial charge in [-0.15, -0.1) is 11.3 Å². The van der Waals surface area contributed by atoms with Gasteiger partial charge in [-0.2, -0.15) is 5.10 Å². The summed E-state index contributed by atoms with van der Waals surface area (Å²) in [4.78, 5) is 28.9. The van der Waals surface area contributed by atoms with E-state index >= 15 is 0 Å². The average molecular weight is 342 g/mol. The highest BCUT2D eigenvalue weighted by atomic mass is 32.1. The van der Waals surface area contributed by atoms with Crippen LogP contribution >= 0.6 is 11.3 Å². The van der Waals surface area contributed by atoms with E-state index in [1.807, 2.05) is 6.07 Å². The van der Waals surface area contributed by atoms with Crippen LogP contribution < -0.4 is 5.32 Å². The van der Waals surface area contributed by atoms with Gasteiger partial charge in [-0.05, 0) is 12.5 Å². The van der Waals surface area contributed by atoms with Gasteiger partial charge in [0.05, 0.1) is 0 Å². The zero-order valence-corrected chi connectivity index (χ0v) is 14.4. The molecule has 7 heteroatoms. The molecule has 0 aliphatic carbocycles. The highest BCUT2D eigenvalue weighted by Crippen LogP contribution is 2.22. The van der Waals surface area contributed by atoms with Crippen molar-refractivity contribution in [2.24, 2.45) is 5.10 Å². The second-order valence-corrected chi connectivity index (χ2v) is 6.83. The average Bonchev–Trinajstić information content (AvgIpc) is 2.97. The van der Waals surface area contributed by atoms with Gasteiger partial charge >= 0.3 is 0 Å². The zero-order valence-electron chi connectivity index (χ0n) is 13.6. The number of nitrogens with zero attached hydrogens (tertiary/aromatic N) is 3. The summed E-state index contributed by atoms with van der Waals surface area (Å²) in [6.07, 6.45) is 3.23. The molecule has 24 heavy (non-hydrogen) atoms. The summed E-state index contributed by atoms with van der Waals surface area (Å²) in [6.45, 7) is 2.06. The normalized spacial score (nSPS) is 14.5. The quantitative estimate of drug-likeness (QED) is 0.928. The SMILES string of the molecule is Cc1cccc(Cc2cnc(NC(=O)C3=NN(C)C(=O)CC3)s2)c1. The molecule has 3 rings (SSSR count). The number of aromatic nitrogens is 1. The number of carbonyl (C=O) groups is 2. The third-order valence-electron chi connectivity index (χ3n) is 3.70. The van der Waals surface area contributed by atoms with Gasteiger partial charge in [0.2, 0.25) is 5.91 Å². The first-order valence-corrected chi connectivity index (χ1v) is 8.48. The van der Waals surface area contributed by atoms with Gasteiger partial charge in [-0.25, -0.2) is 9.99 Å². The van der Waals surface area contributed by atoms with E-state index < -0.39 is 0 Å². The minimum atomic E-state index is -0.300. The van der Waals surface area contributed by atoms with Crippen molar-refractivity contribution < 1.29 is 9.59 Å². The molecule has 0 saturated carbocycles. The standard InChI is InChI=1S/C17H18N4O2S/c1-11-4-3-5-12(8-11)9-13-10-18-17(24-13)19-16(23)14-6-7-15(22)21(2)20-14/h3-5,8,10H,6-7,9H2,1-2H3,(H,18,19,23). The predicted octanol–water partition coefficient (Wildman–Crippen LogP) is 2.59. The van der Waals surface area contributed by atoms with Crippen LogP contribution in [0.5, 0.6) is 0 Å². The van der Waals surface area contributed by atoms with E-state index in [9.17, 15) is 9.59 Å². The first-order valence-electron chi connectivity index (χ1n) is 7.67. The lowest BCUT2D eigenvalue weighted by molar-refractivity contribution is -0.130. The Kier molecular flexibility index (Phi) is 4.71. The summed E-state index contributed by atoms with van der Waals surface area (Å²) >= 11 is 1.45. The van der Waals surface area contributed by atoms with E-state index in [4.69, 9.17) is 0 Å². The summed E-state index contributed by atoms with van der Waals surface area (Å²) in [7, 11) is 1.55. The third-order valence-corrected chi connectivity index (χ3v) is 4.62. The van der Waals surface area contributed by atoms with Crippen LogP contribution in [0.3, 0.4) is 0 Å². The van der Waals surface area contributed by atoms with E-state index in [2.05, 4.69) is 40.5 Å². The molecule has 124 valence electrons. The number of hydrogen-bond donors (Lipinski definition) is 1. The smallest absolute Gasteiger partial charge is 0.273 e. The Morgan fingerprint density at radius 2 is 2.21 bits per heavy atom. The highest BCUT2D eigenvalue weighted by molar-refractivity contribution is 7.15. The molecule has 1 aliphatic heterocycles. The number of anilines is 1. The molecule has 2 amide bonds. The van der Waals surface area contributed by atoms with Crippen molar-refractivity contribution in [1.29, 1.82) is 0 Å². The molecule has 0 atom stereocenters. The molecule has 2 heterocycles. The Morgan fingerprint density at radius 1 is 1.38 bits per heavy atom. The maximum Gasteiger partial charge on any atom is 0.273 e. The number of amides is 2. The minimum Gasteiger partial charge on any atom is -0.297 e. The van der Waals surface area contributed by atoms with Crippen LogP contribution in [0.1, 0.15) is 28.8 Å². The van der Waals surface area contributed by atoms with Gasteiger partial charge < -0.3 is 0 Å². The summed E-state index contributed by atoms with van der Waals surface area (Å²) in [5, 5.41) is 8.53.